The molecule has 0 atom stereocenters. The standard InChI is InChI=1S/C26H23NO6S3/c1-26(2)21(34)18(25-35-19(23(29)32-4)20(36-25)24(30)33-5)16-12-11-15(31-3)13-17(16)27(26)22(28)14-9-7-6-8-10-14/h6-13H,1-5H3. The molecule has 0 unspecified atom stereocenters. The van der Waals surface area contributed by atoms with Crippen molar-refractivity contribution in [2.75, 3.05) is 26.2 Å². The molecule has 0 aromatic heterocycles. The Morgan fingerprint density at radius 1 is 0.889 bits per heavy atom. The molecule has 2 aromatic carbocycles. The molecule has 4 rings (SSSR count). The number of hydrogen-bond donors (Lipinski definition) is 0. The van der Waals surface area contributed by atoms with E-state index >= 15 is 0 Å². The third-order valence-corrected chi connectivity index (χ3v) is 9.08. The minimum Gasteiger partial charge on any atom is -0.497 e. The maximum Gasteiger partial charge on any atom is 0.346 e. The molecule has 7 nitrogen and oxygen atoms in total. The van der Waals surface area contributed by atoms with Crippen LogP contribution in [0.3, 0.4) is 0 Å². The smallest absolute Gasteiger partial charge is 0.346 e. The van der Waals surface area contributed by atoms with E-state index in [1.54, 1.807) is 36.3 Å². The Balaban J connectivity index is 1.93. The van der Waals surface area contributed by atoms with Gasteiger partial charge in [-0.3, -0.25) is 9.69 Å². The number of hydrogen-bond acceptors (Lipinski definition) is 9. The molecule has 2 heterocycles. The lowest BCUT2D eigenvalue weighted by Gasteiger charge is -2.45. The number of carbonyl (C=O) groups is 3. The van der Waals surface area contributed by atoms with E-state index < -0.39 is 17.5 Å². The average Bonchev–Trinajstić information content (AvgIpc) is 3.33. The minimum atomic E-state index is -0.926. The van der Waals surface area contributed by atoms with Gasteiger partial charge in [0.05, 0.1) is 41.7 Å². The normalized spacial score (nSPS) is 16.6. The van der Waals surface area contributed by atoms with Gasteiger partial charge in [0.15, 0.2) is 0 Å². The first-order valence-electron chi connectivity index (χ1n) is 10.8. The number of amides is 1. The fourth-order valence-electron chi connectivity index (χ4n) is 4.00. The molecule has 0 N–H and O–H groups in total. The number of esters is 2. The van der Waals surface area contributed by atoms with Crippen molar-refractivity contribution >= 4 is 69.7 Å². The lowest BCUT2D eigenvalue weighted by Crippen LogP contribution is -2.56. The molecule has 0 bridgehead atoms. The molecule has 1 amide bonds. The molecule has 0 spiro atoms. The third-order valence-electron chi connectivity index (χ3n) is 5.82. The second kappa shape index (κ2) is 10.1. The molecular weight excluding hydrogens is 518 g/mol. The van der Waals surface area contributed by atoms with E-state index in [2.05, 4.69) is 0 Å². The summed E-state index contributed by atoms with van der Waals surface area (Å²) in [5.41, 5.74) is 1.56. The van der Waals surface area contributed by atoms with E-state index in [0.717, 1.165) is 23.5 Å². The van der Waals surface area contributed by atoms with E-state index in [1.165, 1.54) is 14.2 Å². The van der Waals surface area contributed by atoms with Crippen molar-refractivity contribution in [3.63, 3.8) is 0 Å². The van der Waals surface area contributed by atoms with Crippen molar-refractivity contribution in [1.82, 2.24) is 0 Å². The highest BCUT2D eigenvalue weighted by molar-refractivity contribution is 8.29. The number of thioether (sulfide) groups is 2. The van der Waals surface area contributed by atoms with Gasteiger partial charge in [-0.2, -0.15) is 0 Å². The van der Waals surface area contributed by atoms with Gasteiger partial charge in [-0.1, -0.05) is 53.9 Å². The van der Waals surface area contributed by atoms with Crippen molar-refractivity contribution in [3.8, 4) is 5.75 Å². The Morgan fingerprint density at radius 2 is 1.47 bits per heavy atom. The summed E-state index contributed by atoms with van der Waals surface area (Å²) < 4.78 is 15.9. The second-order valence-corrected chi connectivity index (χ2v) is 11.0. The summed E-state index contributed by atoms with van der Waals surface area (Å²) in [5.74, 6) is -0.916. The highest BCUT2D eigenvalue weighted by Crippen LogP contribution is 2.56. The van der Waals surface area contributed by atoms with Crippen molar-refractivity contribution in [2.24, 2.45) is 0 Å². The maximum atomic E-state index is 13.8. The number of rotatable bonds is 4. The molecule has 0 saturated carbocycles. The first-order valence-corrected chi connectivity index (χ1v) is 12.8. The zero-order chi connectivity index (χ0) is 26.2. The van der Waals surface area contributed by atoms with Gasteiger partial charge in [0.25, 0.3) is 5.91 Å². The highest BCUT2D eigenvalue weighted by Gasteiger charge is 2.46. The van der Waals surface area contributed by atoms with E-state index in [9.17, 15) is 14.4 Å². The summed E-state index contributed by atoms with van der Waals surface area (Å²) in [7, 11) is 4.06. The molecule has 0 radical (unpaired) electrons. The van der Waals surface area contributed by atoms with Gasteiger partial charge in [0.2, 0.25) is 0 Å². The molecule has 0 aliphatic carbocycles. The van der Waals surface area contributed by atoms with Gasteiger partial charge in [-0.15, -0.1) is 0 Å². The largest absolute Gasteiger partial charge is 0.497 e. The van der Waals surface area contributed by atoms with E-state index in [0.29, 0.717) is 37.2 Å². The van der Waals surface area contributed by atoms with Crippen LogP contribution >= 0.6 is 35.7 Å². The highest BCUT2D eigenvalue weighted by atomic mass is 32.2. The molecular formula is C26H23NO6S3. The van der Waals surface area contributed by atoms with Crippen molar-refractivity contribution in [2.45, 2.75) is 19.4 Å². The van der Waals surface area contributed by atoms with Crippen LogP contribution in [0.1, 0.15) is 29.8 Å². The zero-order valence-electron chi connectivity index (χ0n) is 20.2. The van der Waals surface area contributed by atoms with Crippen molar-refractivity contribution < 1.29 is 28.6 Å². The Kier molecular flexibility index (Phi) is 7.31. The number of ether oxygens (including phenoxy) is 3. The monoisotopic (exact) mass is 541 g/mol. The molecule has 2 aromatic rings. The number of benzene rings is 2. The van der Waals surface area contributed by atoms with Gasteiger partial charge >= 0.3 is 11.9 Å². The summed E-state index contributed by atoms with van der Waals surface area (Å²) in [6, 6.07) is 14.4. The quantitative estimate of drug-likeness (QED) is 0.294. The van der Waals surface area contributed by atoms with Crippen molar-refractivity contribution in [3.05, 3.63) is 73.7 Å². The van der Waals surface area contributed by atoms with Crippen LogP contribution in [-0.4, -0.2) is 49.6 Å². The summed E-state index contributed by atoms with van der Waals surface area (Å²) in [4.78, 5) is 41.1. The summed E-state index contributed by atoms with van der Waals surface area (Å²) in [6.07, 6.45) is 0. The fraction of sp³-hybridized carbons (Fsp3) is 0.231. The number of carbonyl (C=O) groups excluding carboxylic acids is 3. The predicted molar refractivity (Wildman–Crippen MR) is 146 cm³/mol. The van der Waals surface area contributed by atoms with Gasteiger partial charge in [-0.25, -0.2) is 9.59 Å². The molecule has 0 saturated heterocycles. The number of nitrogens with zero attached hydrogens (tertiary/aromatic N) is 1. The van der Waals surface area contributed by atoms with Gasteiger partial charge in [0, 0.05) is 22.8 Å². The zero-order valence-corrected chi connectivity index (χ0v) is 22.7. The van der Waals surface area contributed by atoms with Crippen LogP contribution in [0.4, 0.5) is 5.69 Å². The first kappa shape index (κ1) is 26.0. The van der Waals surface area contributed by atoms with Crippen LogP contribution in [0.25, 0.3) is 5.57 Å². The number of fused-ring (bicyclic) bond motifs is 1. The predicted octanol–water partition coefficient (Wildman–Crippen LogP) is 5.21. The molecule has 36 heavy (non-hydrogen) atoms. The molecule has 0 fully saturated rings. The van der Waals surface area contributed by atoms with Gasteiger partial charge in [0.1, 0.15) is 15.6 Å². The van der Waals surface area contributed by atoms with E-state index in [1.807, 2.05) is 38.1 Å². The van der Waals surface area contributed by atoms with E-state index in [-0.39, 0.29) is 15.7 Å². The summed E-state index contributed by atoms with van der Waals surface area (Å²) in [5, 5.41) is 0. The second-order valence-electron chi connectivity index (χ2n) is 8.29. The van der Waals surface area contributed by atoms with Gasteiger partial charge in [-0.05, 0) is 38.1 Å². The lowest BCUT2D eigenvalue weighted by atomic mass is 9.82. The topological polar surface area (TPSA) is 82.1 Å². The van der Waals surface area contributed by atoms with Crippen molar-refractivity contribution in [1.29, 1.82) is 0 Å². The SMILES string of the molecule is COC(=O)C1=C(C(=O)OC)SC(=C2C(=S)C(C)(C)N(C(=O)c3ccccc3)c3cc(OC)ccc32)S1. The van der Waals surface area contributed by atoms with Crippen LogP contribution < -0.4 is 9.64 Å². The lowest BCUT2D eigenvalue weighted by molar-refractivity contribution is -0.138. The molecule has 2 aliphatic heterocycles. The number of thiocarbonyl (C=S) groups is 1. The van der Waals surface area contributed by atoms with Gasteiger partial charge < -0.3 is 14.2 Å². The fourth-order valence-corrected chi connectivity index (χ4v) is 7.03. The third kappa shape index (κ3) is 4.33. The van der Waals surface area contributed by atoms with E-state index in [4.69, 9.17) is 26.4 Å². The molecule has 2 aliphatic rings. The van der Waals surface area contributed by atoms with Crippen LogP contribution in [0.15, 0.2) is 62.6 Å². The Hall–Kier alpha value is -3.08. The molecule has 10 heteroatoms. The Bertz CT molecular complexity index is 1320. The van der Waals surface area contributed by atoms with Crippen LogP contribution in [0.2, 0.25) is 0 Å². The first-order chi connectivity index (χ1) is 17.1. The van der Waals surface area contributed by atoms with Crippen LogP contribution in [0.5, 0.6) is 5.75 Å². The maximum absolute atomic E-state index is 13.8. The summed E-state index contributed by atoms with van der Waals surface area (Å²) in [6.45, 7) is 3.75. The van der Waals surface area contributed by atoms with Crippen LogP contribution in [-0.2, 0) is 19.1 Å². The Labute approximate surface area is 222 Å². The number of methoxy groups -OCH3 is 3. The minimum absolute atomic E-state index is 0.135. The Morgan fingerprint density at radius 3 is 2.00 bits per heavy atom. The average molecular weight is 542 g/mol. The van der Waals surface area contributed by atoms with Crippen LogP contribution in [0, 0.1) is 0 Å². The molecule has 186 valence electrons. The number of anilines is 1. The summed E-state index contributed by atoms with van der Waals surface area (Å²) >= 11 is 8.21.